The zero-order valence-corrected chi connectivity index (χ0v) is 10.1. The van der Waals surface area contributed by atoms with E-state index in [4.69, 9.17) is 4.74 Å². The third-order valence-corrected chi connectivity index (χ3v) is 2.41. The summed E-state index contributed by atoms with van der Waals surface area (Å²) in [4.78, 5) is 11.3. The number of amides is 1. The molecular weight excluding hydrogens is 202 g/mol. The number of methoxy groups -OCH3 is 1. The predicted octanol–water partition coefficient (Wildman–Crippen LogP) is 2.26. The highest BCUT2D eigenvalue weighted by molar-refractivity contribution is 5.77. The number of hydrogen-bond donors (Lipinski definition) is 1. The molecule has 0 saturated heterocycles. The molecule has 1 amide bonds. The molecule has 3 nitrogen and oxygen atoms in total. The maximum absolute atomic E-state index is 11.3. The molecule has 1 rings (SSSR count). The number of hydrogen-bond acceptors (Lipinski definition) is 2. The summed E-state index contributed by atoms with van der Waals surface area (Å²) in [6, 6.07) is 7.86. The topological polar surface area (TPSA) is 38.3 Å². The molecule has 3 heteroatoms. The molecule has 0 aliphatic rings. The second kappa shape index (κ2) is 6.16. The van der Waals surface area contributed by atoms with Crippen molar-refractivity contribution < 1.29 is 11.0 Å². The number of carbonyl (C=O) groups is 1. The van der Waals surface area contributed by atoms with Crippen LogP contribution in [0.3, 0.4) is 0 Å². The molecule has 0 heterocycles. The second-order valence-electron chi connectivity index (χ2n) is 4.01. The number of benzene rings is 1. The van der Waals surface area contributed by atoms with Gasteiger partial charge in [-0.15, -0.1) is 0 Å². The zero-order valence-electron chi connectivity index (χ0n) is 10.1. The van der Waals surface area contributed by atoms with Crippen LogP contribution in [0.4, 0.5) is 0 Å². The van der Waals surface area contributed by atoms with Crippen molar-refractivity contribution in [3.05, 3.63) is 29.8 Å². The SMILES string of the molecule is COc1ccccc1CCNC(=O)C(C)C.[HH]. The first-order valence-corrected chi connectivity index (χ1v) is 5.54. The second-order valence-corrected chi connectivity index (χ2v) is 4.01. The highest BCUT2D eigenvalue weighted by Crippen LogP contribution is 2.17. The predicted molar refractivity (Wildman–Crippen MR) is 66.7 cm³/mol. The molecule has 1 aromatic carbocycles. The minimum Gasteiger partial charge on any atom is -0.496 e. The van der Waals surface area contributed by atoms with Gasteiger partial charge in [0.05, 0.1) is 7.11 Å². The minimum atomic E-state index is 0. The van der Waals surface area contributed by atoms with Crippen LogP contribution in [0.25, 0.3) is 0 Å². The third kappa shape index (κ3) is 3.57. The van der Waals surface area contributed by atoms with E-state index in [1.807, 2.05) is 38.1 Å². The zero-order chi connectivity index (χ0) is 12.0. The maximum atomic E-state index is 11.3. The lowest BCUT2D eigenvalue weighted by molar-refractivity contribution is -0.123. The van der Waals surface area contributed by atoms with Crippen molar-refractivity contribution in [3.8, 4) is 5.75 Å². The average Bonchev–Trinajstić information content (AvgIpc) is 2.29. The van der Waals surface area contributed by atoms with Crippen LogP contribution < -0.4 is 10.1 Å². The van der Waals surface area contributed by atoms with Gasteiger partial charge in [-0.3, -0.25) is 4.79 Å². The van der Waals surface area contributed by atoms with Gasteiger partial charge in [-0.2, -0.15) is 0 Å². The number of carbonyl (C=O) groups excluding carboxylic acids is 1. The lowest BCUT2D eigenvalue weighted by atomic mass is 10.1. The lowest BCUT2D eigenvalue weighted by Gasteiger charge is -2.10. The molecule has 1 N–H and O–H groups in total. The van der Waals surface area contributed by atoms with Crippen LogP contribution in [0.15, 0.2) is 24.3 Å². The molecule has 1 aromatic rings. The third-order valence-electron chi connectivity index (χ3n) is 2.41. The van der Waals surface area contributed by atoms with E-state index in [-0.39, 0.29) is 13.3 Å². The molecule has 0 unspecified atom stereocenters. The normalized spacial score (nSPS) is 10.2. The van der Waals surface area contributed by atoms with Crippen molar-refractivity contribution in [2.24, 2.45) is 5.92 Å². The van der Waals surface area contributed by atoms with E-state index in [1.165, 1.54) is 0 Å². The Morgan fingerprint density at radius 2 is 2.12 bits per heavy atom. The van der Waals surface area contributed by atoms with Gasteiger partial charge in [-0.1, -0.05) is 32.0 Å². The molecule has 0 radical (unpaired) electrons. The number of nitrogens with one attached hydrogen (secondary N) is 1. The first kappa shape index (κ1) is 12.6. The Morgan fingerprint density at radius 1 is 1.44 bits per heavy atom. The largest absolute Gasteiger partial charge is 0.496 e. The summed E-state index contributed by atoms with van der Waals surface area (Å²) in [6.45, 7) is 4.42. The van der Waals surface area contributed by atoms with E-state index >= 15 is 0 Å². The minimum absolute atomic E-state index is 0. The van der Waals surface area contributed by atoms with Gasteiger partial charge < -0.3 is 10.1 Å². The van der Waals surface area contributed by atoms with E-state index in [0.717, 1.165) is 17.7 Å². The van der Waals surface area contributed by atoms with E-state index in [0.29, 0.717) is 6.54 Å². The smallest absolute Gasteiger partial charge is 0.222 e. The number of para-hydroxylation sites is 1. The summed E-state index contributed by atoms with van der Waals surface area (Å²) in [7, 11) is 1.66. The van der Waals surface area contributed by atoms with Gasteiger partial charge in [0.25, 0.3) is 0 Å². The van der Waals surface area contributed by atoms with Crippen LogP contribution >= 0.6 is 0 Å². The highest BCUT2D eigenvalue weighted by atomic mass is 16.5. The van der Waals surface area contributed by atoms with E-state index in [9.17, 15) is 4.79 Å². The first-order chi connectivity index (χ1) is 7.65. The fraction of sp³-hybridized carbons (Fsp3) is 0.462. The Labute approximate surface area is 98.3 Å². The molecule has 90 valence electrons. The number of rotatable bonds is 5. The molecule has 0 saturated carbocycles. The van der Waals surface area contributed by atoms with Crippen molar-refractivity contribution in [1.29, 1.82) is 0 Å². The van der Waals surface area contributed by atoms with Crippen LogP contribution in [0.5, 0.6) is 5.75 Å². The monoisotopic (exact) mass is 223 g/mol. The Morgan fingerprint density at radius 3 is 2.75 bits per heavy atom. The quantitative estimate of drug-likeness (QED) is 0.831. The van der Waals surface area contributed by atoms with Gasteiger partial charge in [-0.25, -0.2) is 0 Å². The van der Waals surface area contributed by atoms with Gasteiger partial charge in [0.15, 0.2) is 0 Å². The Bertz CT molecular complexity index is 353. The standard InChI is InChI=1S/C13H19NO2.H2/c1-10(2)13(15)14-9-8-11-6-4-5-7-12(11)16-3;/h4-7,10H,8-9H2,1-3H3,(H,14,15);1H. The molecule has 0 aromatic heterocycles. The summed E-state index contributed by atoms with van der Waals surface area (Å²) < 4.78 is 5.24. The van der Waals surface area contributed by atoms with Gasteiger partial charge in [0.2, 0.25) is 5.91 Å². The molecule has 0 fully saturated rings. The van der Waals surface area contributed by atoms with Crippen LogP contribution in [0.1, 0.15) is 20.8 Å². The van der Waals surface area contributed by atoms with E-state index < -0.39 is 0 Å². The molecular formula is C13H21NO2. The van der Waals surface area contributed by atoms with Crippen molar-refractivity contribution in [3.63, 3.8) is 0 Å². The first-order valence-electron chi connectivity index (χ1n) is 5.54. The molecule has 16 heavy (non-hydrogen) atoms. The van der Waals surface area contributed by atoms with Crippen LogP contribution in [-0.4, -0.2) is 19.6 Å². The summed E-state index contributed by atoms with van der Waals surface area (Å²) >= 11 is 0. The van der Waals surface area contributed by atoms with Crippen molar-refractivity contribution in [2.45, 2.75) is 20.3 Å². The Hall–Kier alpha value is -1.51. The summed E-state index contributed by atoms with van der Waals surface area (Å²) in [5.74, 6) is 1.01. The molecule has 0 spiro atoms. The van der Waals surface area contributed by atoms with Crippen LogP contribution in [0, 0.1) is 5.92 Å². The highest BCUT2D eigenvalue weighted by Gasteiger charge is 2.06. The fourth-order valence-corrected chi connectivity index (χ4v) is 1.43. The Kier molecular flexibility index (Phi) is 4.83. The van der Waals surface area contributed by atoms with Crippen LogP contribution in [-0.2, 0) is 11.2 Å². The average molecular weight is 223 g/mol. The van der Waals surface area contributed by atoms with Gasteiger partial charge >= 0.3 is 0 Å². The molecule has 0 atom stereocenters. The van der Waals surface area contributed by atoms with Gasteiger partial charge in [0, 0.05) is 13.9 Å². The fourth-order valence-electron chi connectivity index (χ4n) is 1.43. The number of ether oxygens (including phenoxy) is 1. The Balaban J connectivity index is 0.00000256. The molecule has 0 aliphatic carbocycles. The van der Waals surface area contributed by atoms with Crippen molar-refractivity contribution in [1.82, 2.24) is 5.32 Å². The van der Waals surface area contributed by atoms with Gasteiger partial charge in [0.1, 0.15) is 5.75 Å². The lowest BCUT2D eigenvalue weighted by Crippen LogP contribution is -2.29. The van der Waals surface area contributed by atoms with Crippen molar-refractivity contribution in [2.75, 3.05) is 13.7 Å². The van der Waals surface area contributed by atoms with Crippen molar-refractivity contribution >= 4 is 5.91 Å². The van der Waals surface area contributed by atoms with Crippen LogP contribution in [0.2, 0.25) is 0 Å². The van der Waals surface area contributed by atoms with Gasteiger partial charge in [-0.05, 0) is 18.1 Å². The molecule has 0 aliphatic heterocycles. The maximum Gasteiger partial charge on any atom is 0.222 e. The molecule has 0 bridgehead atoms. The van der Waals surface area contributed by atoms with E-state index in [1.54, 1.807) is 7.11 Å². The summed E-state index contributed by atoms with van der Waals surface area (Å²) in [5, 5.41) is 2.89. The summed E-state index contributed by atoms with van der Waals surface area (Å²) in [6.07, 6.45) is 0.794. The van der Waals surface area contributed by atoms with E-state index in [2.05, 4.69) is 5.32 Å². The summed E-state index contributed by atoms with van der Waals surface area (Å²) in [5.41, 5.74) is 1.12.